The molecule has 0 N–H and O–H groups in total. The molecule has 0 unspecified atom stereocenters. The van der Waals surface area contributed by atoms with Crippen molar-refractivity contribution in [3.8, 4) is 66.8 Å². The molecule has 0 aliphatic heterocycles. The van der Waals surface area contributed by atoms with Crippen LogP contribution >= 0.6 is 0 Å². The Hall–Kier alpha value is -8.06. The first kappa shape index (κ1) is 57.4. The summed E-state index contributed by atoms with van der Waals surface area (Å²) in [6, 6.07) is 79.8. The van der Waals surface area contributed by atoms with Crippen LogP contribution in [0.15, 0.2) is 200 Å². The van der Waals surface area contributed by atoms with Crippen molar-refractivity contribution in [2.75, 3.05) is 0 Å². The van der Waals surface area contributed by atoms with Crippen LogP contribution in [-0.2, 0) is 10.8 Å². The molecule has 0 atom stereocenters. The Balaban J connectivity index is 0.853. The summed E-state index contributed by atoms with van der Waals surface area (Å²) in [5.41, 5.74) is 24.0. The van der Waals surface area contributed by atoms with E-state index in [1.807, 2.05) is 0 Å². The second-order valence-corrected chi connectivity index (χ2v) is 27.4. The molecule has 0 bridgehead atoms. The monoisotopic (exact) mass is 1160 g/mol. The highest BCUT2D eigenvalue weighted by atomic mass is 14.5. The Morgan fingerprint density at radius 2 is 0.517 bits per heavy atom. The average molecular weight is 1160 g/mol. The summed E-state index contributed by atoms with van der Waals surface area (Å²) in [6.07, 6.45) is 25.1. The first-order valence-electron chi connectivity index (χ1n) is 34.9. The van der Waals surface area contributed by atoms with Crippen LogP contribution in [0, 0.1) is 6.92 Å². The number of benzene rings is 13. The summed E-state index contributed by atoms with van der Waals surface area (Å²) in [5, 5.41) is 16.2. The number of unbranched alkanes of at least 4 members (excludes halogenated alkanes) is 12. The van der Waals surface area contributed by atoms with Crippen LogP contribution in [-0.4, -0.2) is 0 Å². The summed E-state index contributed by atoms with van der Waals surface area (Å²) < 4.78 is 0. The van der Waals surface area contributed by atoms with E-state index in [1.54, 1.807) is 22.3 Å². The lowest BCUT2D eigenvalue weighted by molar-refractivity contribution is 0.401. The topological polar surface area (TPSA) is 0 Å². The summed E-state index contributed by atoms with van der Waals surface area (Å²) >= 11 is 0. The van der Waals surface area contributed by atoms with E-state index < -0.39 is 0 Å². The molecule has 13 aromatic rings. The zero-order chi connectivity index (χ0) is 60.2. The van der Waals surface area contributed by atoms with Gasteiger partial charge >= 0.3 is 0 Å². The van der Waals surface area contributed by atoms with Gasteiger partial charge in [0, 0.05) is 10.8 Å². The van der Waals surface area contributed by atoms with E-state index in [0.717, 1.165) is 0 Å². The predicted octanol–water partition coefficient (Wildman–Crippen LogP) is 26.9. The van der Waals surface area contributed by atoms with Crippen molar-refractivity contribution in [3.63, 3.8) is 0 Å². The van der Waals surface area contributed by atoms with Crippen LogP contribution in [0.1, 0.15) is 184 Å². The van der Waals surface area contributed by atoms with E-state index in [4.69, 9.17) is 0 Å². The Morgan fingerprint density at radius 1 is 0.236 bits per heavy atom. The van der Waals surface area contributed by atoms with Crippen LogP contribution in [0.25, 0.3) is 131 Å². The number of rotatable bonds is 24. The lowest BCUT2D eigenvalue weighted by Crippen LogP contribution is -2.25. The van der Waals surface area contributed by atoms with Gasteiger partial charge in [0.25, 0.3) is 0 Å². The number of hydrogen-bond donors (Lipinski definition) is 0. The maximum Gasteiger partial charge on any atom is 0.0215 e. The summed E-state index contributed by atoms with van der Waals surface area (Å²) in [5.74, 6) is 0. The molecule has 0 spiro atoms. The van der Waals surface area contributed by atoms with Crippen molar-refractivity contribution in [2.24, 2.45) is 0 Å². The number of aryl methyl sites for hydroxylation is 1. The van der Waals surface area contributed by atoms with E-state index in [2.05, 4.69) is 235 Å². The SMILES string of the molecule is CCCCCCC1(CCCCCC)c2cc(C)ccc2-c2ccc(-c3ccc4ccc5ccc(-c6ccc7c(c6)C(CCCCCC)(CCCCCC)c6cc(-c8ccc9ccc%10c(-c%11ccccc%11)ccc%11ccc8c9c%11%10)ccc6-7)c6ccc3c4c56)cc21. The molecule has 89 heavy (non-hydrogen) atoms. The molecule has 0 radical (unpaired) electrons. The molecule has 0 nitrogen and oxygen atoms in total. The molecule has 444 valence electrons. The second kappa shape index (κ2) is 24.0. The smallest absolute Gasteiger partial charge is 0.0215 e. The van der Waals surface area contributed by atoms with E-state index >= 15 is 0 Å². The van der Waals surface area contributed by atoms with Crippen LogP contribution in [0.3, 0.4) is 0 Å². The molecule has 0 aromatic heterocycles. The van der Waals surface area contributed by atoms with Gasteiger partial charge in [0.05, 0.1) is 0 Å². The fraction of sp³-hybridized carbons (Fsp3) is 0.303. The van der Waals surface area contributed by atoms with Crippen molar-refractivity contribution < 1.29 is 0 Å². The maximum atomic E-state index is 2.69. The van der Waals surface area contributed by atoms with Gasteiger partial charge in [-0.25, -0.2) is 0 Å². The molecule has 13 aromatic carbocycles. The standard InChI is InChI=1S/C89H88/c1-6-10-14-21-51-88(52-22-15-11-7-2)80-55-59(5)27-39-72(80)73-44-36-66(56-81(73)88)70-41-31-61-28-29-62-32-42-71(79-50-49-78(70)84(61)85(62)79)67-38-46-75-74-45-37-65(57-82(74)89(83(75)58-67,53-23-16-12-8-3)54-24-17-13-9-4)69-43-33-64-34-47-76-68(60-25-19-18-20-26-60)40-30-63-35-48-77(69)87(64)86(63)76/h18-20,25-50,55-58H,6-17,21-24,51-54H2,1-5H3. The highest BCUT2D eigenvalue weighted by Gasteiger charge is 2.44. The van der Waals surface area contributed by atoms with Gasteiger partial charge in [-0.05, 0) is 204 Å². The first-order valence-corrected chi connectivity index (χ1v) is 34.9. The van der Waals surface area contributed by atoms with Crippen LogP contribution < -0.4 is 0 Å². The Morgan fingerprint density at radius 3 is 0.865 bits per heavy atom. The molecule has 15 rings (SSSR count). The minimum absolute atomic E-state index is 0.0359. The van der Waals surface area contributed by atoms with Gasteiger partial charge in [-0.15, -0.1) is 0 Å². The Bertz CT molecular complexity index is 4710. The van der Waals surface area contributed by atoms with E-state index in [1.165, 1.54) is 265 Å². The highest BCUT2D eigenvalue weighted by Crippen LogP contribution is 2.59. The third-order valence-electron chi connectivity index (χ3n) is 22.1. The van der Waals surface area contributed by atoms with Gasteiger partial charge in [0.1, 0.15) is 0 Å². The van der Waals surface area contributed by atoms with Gasteiger partial charge in [0.15, 0.2) is 0 Å². The second-order valence-electron chi connectivity index (χ2n) is 27.4. The van der Waals surface area contributed by atoms with Gasteiger partial charge in [-0.1, -0.05) is 318 Å². The fourth-order valence-electron chi connectivity index (χ4n) is 17.6. The average Bonchev–Trinajstić information content (AvgIpc) is 1.73. The zero-order valence-corrected chi connectivity index (χ0v) is 53.7. The Labute approximate surface area is 530 Å². The molecular weight excluding hydrogens is 1070 g/mol. The normalized spacial score (nSPS) is 13.9. The van der Waals surface area contributed by atoms with Gasteiger partial charge < -0.3 is 0 Å². The number of fused-ring (bicyclic) bond motifs is 6. The van der Waals surface area contributed by atoms with Crippen molar-refractivity contribution in [1.29, 1.82) is 0 Å². The molecular formula is C89H88. The highest BCUT2D eigenvalue weighted by molar-refractivity contribution is 6.29. The van der Waals surface area contributed by atoms with Crippen LogP contribution in [0.5, 0.6) is 0 Å². The molecule has 2 aliphatic carbocycles. The molecule has 0 saturated carbocycles. The van der Waals surface area contributed by atoms with E-state index in [9.17, 15) is 0 Å². The lowest BCUT2D eigenvalue weighted by atomic mass is 9.69. The van der Waals surface area contributed by atoms with Crippen molar-refractivity contribution >= 4 is 64.6 Å². The maximum absolute atomic E-state index is 2.69. The van der Waals surface area contributed by atoms with Gasteiger partial charge in [-0.2, -0.15) is 0 Å². The molecule has 0 fully saturated rings. The predicted molar refractivity (Wildman–Crippen MR) is 388 cm³/mol. The summed E-state index contributed by atoms with van der Waals surface area (Å²) in [4.78, 5) is 0. The summed E-state index contributed by atoms with van der Waals surface area (Å²) in [7, 11) is 0. The van der Waals surface area contributed by atoms with E-state index in [-0.39, 0.29) is 10.8 Å². The van der Waals surface area contributed by atoms with E-state index in [0.29, 0.717) is 0 Å². The molecule has 0 saturated heterocycles. The van der Waals surface area contributed by atoms with Crippen molar-refractivity contribution in [2.45, 2.75) is 174 Å². The largest absolute Gasteiger partial charge is 0.0654 e. The lowest BCUT2D eigenvalue weighted by Gasteiger charge is -2.33. The zero-order valence-electron chi connectivity index (χ0n) is 53.7. The summed E-state index contributed by atoms with van der Waals surface area (Å²) in [6.45, 7) is 11.7. The molecule has 0 heteroatoms. The molecule has 0 heterocycles. The fourth-order valence-corrected chi connectivity index (χ4v) is 17.6. The van der Waals surface area contributed by atoms with Crippen molar-refractivity contribution in [1.82, 2.24) is 0 Å². The molecule has 0 amide bonds. The van der Waals surface area contributed by atoms with Crippen LogP contribution in [0.4, 0.5) is 0 Å². The van der Waals surface area contributed by atoms with Gasteiger partial charge in [-0.3, -0.25) is 0 Å². The number of hydrogen-bond acceptors (Lipinski definition) is 0. The third-order valence-corrected chi connectivity index (χ3v) is 22.1. The van der Waals surface area contributed by atoms with Crippen molar-refractivity contribution in [3.05, 3.63) is 228 Å². The quantitative estimate of drug-likeness (QED) is 0.0418. The van der Waals surface area contributed by atoms with Gasteiger partial charge in [0.2, 0.25) is 0 Å². The Kier molecular flexibility index (Phi) is 15.5. The van der Waals surface area contributed by atoms with Crippen LogP contribution in [0.2, 0.25) is 0 Å². The minimum atomic E-state index is -0.0934. The first-order chi connectivity index (χ1) is 43.9. The minimum Gasteiger partial charge on any atom is -0.0654 e. The third kappa shape index (κ3) is 9.68. The molecule has 2 aliphatic rings.